The third-order valence-electron chi connectivity index (χ3n) is 6.40. The van der Waals surface area contributed by atoms with Gasteiger partial charge in [-0.15, -0.1) is 0 Å². The monoisotopic (exact) mass is 361 g/mol. The lowest BCUT2D eigenvalue weighted by Crippen LogP contribution is -2.47. The number of carbonyl (C=O) groups excluding carboxylic acids is 1. The van der Waals surface area contributed by atoms with Gasteiger partial charge in [0.1, 0.15) is 6.04 Å². The lowest BCUT2D eigenvalue weighted by molar-refractivity contribution is -0.133. The molecule has 0 aliphatic carbocycles. The predicted molar refractivity (Wildman–Crippen MR) is 102 cm³/mol. The zero-order valence-electron chi connectivity index (χ0n) is 15.0. The maximum atomic E-state index is 12.9. The maximum absolute atomic E-state index is 12.9. The molecule has 3 aliphatic rings. The number of likely N-dealkylation sites (tertiary alicyclic amines) is 2. The number of anilines is 1. The summed E-state index contributed by atoms with van der Waals surface area (Å²) < 4.78 is 0. The maximum Gasteiger partial charge on any atom is 0.245 e. The summed E-state index contributed by atoms with van der Waals surface area (Å²) in [5, 5.41) is 4.13. The highest BCUT2D eigenvalue weighted by atomic mass is 35.5. The fourth-order valence-corrected chi connectivity index (χ4v) is 4.99. The molecule has 0 saturated carbocycles. The topological polar surface area (TPSA) is 35.6 Å². The van der Waals surface area contributed by atoms with E-state index in [1.165, 1.54) is 38.8 Å². The van der Waals surface area contributed by atoms with Crippen LogP contribution in [0.2, 0.25) is 5.02 Å². The first-order valence-electron chi connectivity index (χ1n) is 9.62. The summed E-state index contributed by atoms with van der Waals surface area (Å²) in [6, 6.07) is 5.72. The number of nitrogens with one attached hydrogen (secondary N) is 1. The highest BCUT2D eigenvalue weighted by molar-refractivity contribution is 6.30. The van der Waals surface area contributed by atoms with E-state index in [0.29, 0.717) is 0 Å². The molecule has 1 atom stereocenters. The second kappa shape index (κ2) is 7.16. The number of benzene rings is 1. The molecule has 4 nitrogen and oxygen atoms in total. The van der Waals surface area contributed by atoms with Crippen LogP contribution in [0.25, 0.3) is 0 Å². The van der Waals surface area contributed by atoms with Crippen molar-refractivity contribution in [3.05, 3.63) is 28.8 Å². The lowest BCUT2D eigenvalue weighted by Gasteiger charge is -2.40. The van der Waals surface area contributed by atoms with Gasteiger partial charge in [-0.1, -0.05) is 11.6 Å². The van der Waals surface area contributed by atoms with E-state index in [2.05, 4.69) is 22.2 Å². The molecule has 136 valence electrons. The summed E-state index contributed by atoms with van der Waals surface area (Å²) in [7, 11) is 2.22. The van der Waals surface area contributed by atoms with E-state index in [0.717, 1.165) is 47.6 Å². The SMILES string of the molecule is CN1CCC(C2CCN(C(=O)[C@@H]3Cc4cc(Cl)ccc4N3)CC2)CC1. The van der Waals surface area contributed by atoms with Crippen molar-refractivity contribution in [2.24, 2.45) is 11.8 Å². The van der Waals surface area contributed by atoms with Gasteiger partial charge in [0.05, 0.1) is 0 Å². The van der Waals surface area contributed by atoms with Crippen molar-refractivity contribution < 1.29 is 4.79 Å². The molecule has 0 aromatic heterocycles. The van der Waals surface area contributed by atoms with Crippen LogP contribution in [0.1, 0.15) is 31.2 Å². The number of fused-ring (bicyclic) bond motifs is 1. The number of carbonyl (C=O) groups is 1. The number of hydrogen-bond donors (Lipinski definition) is 1. The number of nitrogens with zero attached hydrogens (tertiary/aromatic N) is 2. The zero-order chi connectivity index (χ0) is 17.4. The van der Waals surface area contributed by atoms with Crippen LogP contribution in [-0.4, -0.2) is 55.0 Å². The molecular formula is C20H28ClN3O. The molecular weight excluding hydrogens is 334 g/mol. The number of halogens is 1. The lowest BCUT2D eigenvalue weighted by atomic mass is 9.79. The van der Waals surface area contributed by atoms with E-state index in [1.807, 2.05) is 18.2 Å². The van der Waals surface area contributed by atoms with Gasteiger partial charge >= 0.3 is 0 Å². The molecule has 1 N–H and O–H groups in total. The second-order valence-corrected chi connectivity index (χ2v) is 8.44. The van der Waals surface area contributed by atoms with E-state index in [9.17, 15) is 4.79 Å². The quantitative estimate of drug-likeness (QED) is 0.878. The Balaban J connectivity index is 1.30. The van der Waals surface area contributed by atoms with Crippen LogP contribution in [0.5, 0.6) is 0 Å². The molecule has 0 spiro atoms. The molecule has 0 radical (unpaired) electrons. The first-order valence-corrected chi connectivity index (χ1v) is 10.0. The van der Waals surface area contributed by atoms with Crippen LogP contribution in [0.4, 0.5) is 5.69 Å². The first kappa shape index (κ1) is 17.2. The third kappa shape index (κ3) is 3.65. The summed E-state index contributed by atoms with van der Waals surface area (Å²) in [6.07, 6.45) is 5.76. The molecule has 3 heterocycles. The Morgan fingerprint density at radius 1 is 1.08 bits per heavy atom. The Morgan fingerprint density at radius 3 is 2.40 bits per heavy atom. The average molecular weight is 362 g/mol. The molecule has 0 bridgehead atoms. The smallest absolute Gasteiger partial charge is 0.245 e. The van der Waals surface area contributed by atoms with Crippen LogP contribution >= 0.6 is 11.6 Å². The van der Waals surface area contributed by atoms with Gasteiger partial charge in [-0.05, 0) is 81.4 Å². The molecule has 2 fully saturated rings. The zero-order valence-corrected chi connectivity index (χ0v) is 15.8. The van der Waals surface area contributed by atoms with Crippen LogP contribution in [-0.2, 0) is 11.2 Å². The molecule has 3 aliphatic heterocycles. The molecule has 1 aromatic rings. The standard InChI is InChI=1S/C20H28ClN3O/c1-23-8-4-14(5-9-23)15-6-10-24(11-7-15)20(25)19-13-16-12-17(21)2-3-18(16)22-19/h2-3,12,14-15,19,22H,4-11,13H2,1H3/t19-/m0/s1. The van der Waals surface area contributed by atoms with E-state index >= 15 is 0 Å². The summed E-state index contributed by atoms with van der Waals surface area (Å²) in [5.41, 5.74) is 2.22. The summed E-state index contributed by atoms with van der Waals surface area (Å²) in [6.45, 7) is 4.31. The number of piperidine rings is 2. The van der Waals surface area contributed by atoms with Crippen molar-refractivity contribution in [2.75, 3.05) is 38.5 Å². The normalized spacial score (nSPS) is 25.7. The van der Waals surface area contributed by atoms with Gasteiger partial charge in [-0.25, -0.2) is 0 Å². The minimum Gasteiger partial charge on any atom is -0.373 e. The average Bonchev–Trinajstić information content (AvgIpc) is 3.05. The van der Waals surface area contributed by atoms with Crippen LogP contribution in [0.3, 0.4) is 0 Å². The fraction of sp³-hybridized carbons (Fsp3) is 0.650. The van der Waals surface area contributed by atoms with Crippen molar-refractivity contribution in [1.29, 1.82) is 0 Å². The van der Waals surface area contributed by atoms with E-state index in [-0.39, 0.29) is 11.9 Å². The minimum atomic E-state index is -0.117. The fourth-order valence-electron chi connectivity index (χ4n) is 4.79. The summed E-state index contributed by atoms with van der Waals surface area (Å²) in [4.78, 5) is 17.4. The molecule has 5 heteroatoms. The molecule has 1 aromatic carbocycles. The van der Waals surface area contributed by atoms with Crippen molar-refractivity contribution in [3.8, 4) is 0 Å². The van der Waals surface area contributed by atoms with Crippen LogP contribution in [0, 0.1) is 11.8 Å². The molecule has 1 amide bonds. The predicted octanol–water partition coefficient (Wildman–Crippen LogP) is 3.26. The Kier molecular flexibility index (Phi) is 4.92. The van der Waals surface area contributed by atoms with Gasteiger partial charge in [0.2, 0.25) is 5.91 Å². The molecule has 4 rings (SSSR count). The number of rotatable bonds is 2. The van der Waals surface area contributed by atoms with Gasteiger partial charge in [-0.3, -0.25) is 4.79 Å². The molecule has 0 unspecified atom stereocenters. The van der Waals surface area contributed by atoms with Crippen molar-refractivity contribution in [3.63, 3.8) is 0 Å². The van der Waals surface area contributed by atoms with Gasteiger partial charge < -0.3 is 15.1 Å². The molecule has 25 heavy (non-hydrogen) atoms. The largest absolute Gasteiger partial charge is 0.373 e. The Morgan fingerprint density at radius 2 is 1.72 bits per heavy atom. The van der Waals surface area contributed by atoms with Gasteiger partial charge in [0, 0.05) is 30.2 Å². The summed E-state index contributed by atoms with van der Waals surface area (Å²) >= 11 is 6.07. The minimum absolute atomic E-state index is 0.117. The van der Waals surface area contributed by atoms with E-state index in [1.54, 1.807) is 0 Å². The summed E-state index contributed by atoms with van der Waals surface area (Å²) in [5.74, 6) is 1.93. The van der Waals surface area contributed by atoms with Crippen molar-refractivity contribution in [1.82, 2.24) is 9.80 Å². The Bertz CT molecular complexity index is 634. The number of hydrogen-bond acceptors (Lipinski definition) is 3. The highest BCUT2D eigenvalue weighted by Gasteiger charge is 2.34. The van der Waals surface area contributed by atoms with Gasteiger partial charge in [0.15, 0.2) is 0 Å². The Hall–Kier alpha value is -1.26. The van der Waals surface area contributed by atoms with E-state index in [4.69, 9.17) is 11.6 Å². The Labute approximate surface area is 155 Å². The number of amides is 1. The van der Waals surface area contributed by atoms with Crippen LogP contribution < -0.4 is 5.32 Å². The third-order valence-corrected chi connectivity index (χ3v) is 6.64. The van der Waals surface area contributed by atoms with Crippen molar-refractivity contribution >= 4 is 23.2 Å². The van der Waals surface area contributed by atoms with E-state index < -0.39 is 0 Å². The van der Waals surface area contributed by atoms with Crippen LogP contribution in [0.15, 0.2) is 18.2 Å². The second-order valence-electron chi connectivity index (χ2n) is 8.01. The van der Waals surface area contributed by atoms with Gasteiger partial charge in [0.25, 0.3) is 0 Å². The highest BCUT2D eigenvalue weighted by Crippen LogP contribution is 2.33. The van der Waals surface area contributed by atoms with Gasteiger partial charge in [-0.2, -0.15) is 0 Å². The van der Waals surface area contributed by atoms with Crippen molar-refractivity contribution in [2.45, 2.75) is 38.1 Å². The molecule has 2 saturated heterocycles. The first-order chi connectivity index (χ1) is 12.1.